The number of thiazole rings is 1. The first-order valence-electron chi connectivity index (χ1n) is 9.48. The fraction of sp³-hybridized carbons (Fsp3) is 0.381. The lowest BCUT2D eigenvalue weighted by molar-refractivity contribution is -0.145. The van der Waals surface area contributed by atoms with Crippen molar-refractivity contribution in [1.82, 2.24) is 9.38 Å². The molecule has 1 aliphatic carbocycles. The lowest BCUT2D eigenvalue weighted by atomic mass is 10.0. The summed E-state index contributed by atoms with van der Waals surface area (Å²) < 4.78 is 12.5. The Morgan fingerprint density at radius 3 is 2.96 bits per heavy atom. The van der Waals surface area contributed by atoms with Gasteiger partial charge < -0.3 is 9.47 Å². The lowest BCUT2D eigenvalue weighted by Crippen LogP contribution is -2.19. The topological polar surface area (TPSA) is 69.9 Å². The van der Waals surface area contributed by atoms with Crippen LogP contribution in [0.2, 0.25) is 0 Å². The van der Waals surface area contributed by atoms with Gasteiger partial charge in [-0.25, -0.2) is 4.98 Å². The highest BCUT2D eigenvalue weighted by Crippen LogP contribution is 2.28. The maximum Gasteiger partial charge on any atom is 0.309 e. The van der Waals surface area contributed by atoms with Crippen LogP contribution in [0.3, 0.4) is 0 Å². The summed E-state index contributed by atoms with van der Waals surface area (Å²) in [5, 5.41) is 0. The Morgan fingerprint density at radius 1 is 1.25 bits per heavy atom. The van der Waals surface area contributed by atoms with Crippen LogP contribution in [0.25, 0.3) is 4.96 Å². The van der Waals surface area contributed by atoms with E-state index in [1.165, 1.54) is 10.9 Å². The summed E-state index contributed by atoms with van der Waals surface area (Å²) in [7, 11) is 0. The van der Waals surface area contributed by atoms with E-state index >= 15 is 0 Å². The Bertz CT molecular complexity index is 1070. The largest absolute Gasteiger partial charge is 0.493 e. The van der Waals surface area contributed by atoms with Crippen molar-refractivity contribution in [2.24, 2.45) is 0 Å². The number of nitrogens with zero attached hydrogens (tertiary/aromatic N) is 2. The van der Waals surface area contributed by atoms with Gasteiger partial charge in [0.15, 0.2) is 4.96 Å². The minimum Gasteiger partial charge on any atom is -0.493 e. The van der Waals surface area contributed by atoms with Crippen molar-refractivity contribution in [3.05, 3.63) is 62.5 Å². The number of carbonyl (C=O) groups excluding carboxylic acids is 1. The van der Waals surface area contributed by atoms with E-state index in [1.807, 2.05) is 31.2 Å². The van der Waals surface area contributed by atoms with E-state index in [4.69, 9.17) is 9.47 Å². The predicted octanol–water partition coefficient (Wildman–Crippen LogP) is 3.46. The molecule has 2 aromatic heterocycles. The molecule has 0 N–H and O–H groups in total. The number of fused-ring (bicyclic) bond motifs is 3. The number of ether oxygens (including phenoxy) is 2. The highest BCUT2D eigenvalue weighted by Gasteiger charge is 2.18. The van der Waals surface area contributed by atoms with Gasteiger partial charge in [-0.1, -0.05) is 12.1 Å². The highest BCUT2D eigenvalue weighted by molar-refractivity contribution is 7.17. The van der Waals surface area contributed by atoms with Gasteiger partial charge in [0, 0.05) is 16.6 Å². The monoisotopic (exact) mass is 398 g/mol. The van der Waals surface area contributed by atoms with Crippen LogP contribution < -0.4 is 10.3 Å². The first-order chi connectivity index (χ1) is 13.6. The fourth-order valence-electron chi connectivity index (χ4n) is 3.40. The number of esters is 1. The molecule has 0 bridgehead atoms. The Morgan fingerprint density at radius 2 is 2.11 bits per heavy atom. The number of benzene rings is 1. The average molecular weight is 398 g/mol. The Hall–Kier alpha value is -2.67. The maximum absolute atomic E-state index is 12.5. The molecule has 0 fully saturated rings. The molecule has 4 rings (SSSR count). The molecule has 146 valence electrons. The normalized spacial score (nSPS) is 13.3. The highest BCUT2D eigenvalue weighted by atomic mass is 32.1. The molecule has 6 nitrogen and oxygen atoms in total. The van der Waals surface area contributed by atoms with Gasteiger partial charge in [0.05, 0.1) is 18.7 Å². The molecule has 0 saturated heterocycles. The van der Waals surface area contributed by atoms with Crippen molar-refractivity contribution in [3.8, 4) is 5.75 Å². The summed E-state index contributed by atoms with van der Waals surface area (Å²) in [5.74, 6) is 0.356. The molecule has 0 atom stereocenters. The molecule has 0 spiro atoms. The lowest BCUT2D eigenvalue weighted by Gasteiger charge is -2.10. The molecule has 28 heavy (non-hydrogen) atoms. The van der Waals surface area contributed by atoms with E-state index in [0.29, 0.717) is 10.7 Å². The van der Waals surface area contributed by atoms with Gasteiger partial charge in [-0.3, -0.25) is 14.0 Å². The van der Waals surface area contributed by atoms with Crippen LogP contribution in [-0.2, 0) is 29.0 Å². The van der Waals surface area contributed by atoms with E-state index < -0.39 is 0 Å². The third-order valence-corrected chi connectivity index (χ3v) is 5.90. The molecule has 2 heterocycles. The molecule has 0 saturated carbocycles. The number of aromatic nitrogens is 2. The van der Waals surface area contributed by atoms with Crippen LogP contribution in [0.5, 0.6) is 5.75 Å². The van der Waals surface area contributed by atoms with Crippen molar-refractivity contribution in [2.45, 2.75) is 45.6 Å². The van der Waals surface area contributed by atoms with Gasteiger partial charge in [-0.05, 0) is 50.3 Å². The van der Waals surface area contributed by atoms with Gasteiger partial charge in [-0.15, -0.1) is 11.3 Å². The van der Waals surface area contributed by atoms with Gasteiger partial charge in [0.25, 0.3) is 5.56 Å². The maximum atomic E-state index is 12.5. The van der Waals surface area contributed by atoms with E-state index in [-0.39, 0.29) is 31.2 Å². The average Bonchev–Trinajstić information content (AvgIpc) is 3.05. The summed E-state index contributed by atoms with van der Waals surface area (Å²) in [4.78, 5) is 30.9. The molecular formula is C21H22N2O4S. The second-order valence-corrected chi connectivity index (χ2v) is 8.02. The van der Waals surface area contributed by atoms with Gasteiger partial charge in [-0.2, -0.15) is 0 Å². The first-order valence-corrected chi connectivity index (χ1v) is 10.3. The van der Waals surface area contributed by atoms with Crippen molar-refractivity contribution in [1.29, 1.82) is 0 Å². The van der Waals surface area contributed by atoms with Crippen LogP contribution >= 0.6 is 11.3 Å². The summed E-state index contributed by atoms with van der Waals surface area (Å²) in [6.07, 6.45) is 4.33. The van der Waals surface area contributed by atoms with E-state index in [2.05, 4.69) is 4.98 Å². The van der Waals surface area contributed by atoms with E-state index in [1.54, 1.807) is 15.7 Å². The van der Waals surface area contributed by atoms with Crippen LogP contribution in [-0.4, -0.2) is 22.0 Å². The summed E-state index contributed by atoms with van der Waals surface area (Å²) in [5.41, 5.74) is 2.58. The van der Waals surface area contributed by atoms with Gasteiger partial charge in [0.2, 0.25) is 0 Å². The van der Waals surface area contributed by atoms with Crippen molar-refractivity contribution < 1.29 is 14.3 Å². The van der Waals surface area contributed by atoms with Crippen LogP contribution in [0.15, 0.2) is 35.1 Å². The molecule has 3 aromatic rings. The quantitative estimate of drug-likeness (QED) is 0.595. The summed E-state index contributed by atoms with van der Waals surface area (Å²) >= 11 is 1.57. The van der Waals surface area contributed by atoms with Crippen LogP contribution in [0.4, 0.5) is 0 Å². The van der Waals surface area contributed by atoms with Crippen LogP contribution in [0.1, 0.15) is 41.1 Å². The second-order valence-electron chi connectivity index (χ2n) is 6.96. The number of aryl methyl sites for hydroxylation is 3. The third-order valence-electron chi connectivity index (χ3n) is 4.76. The standard InChI is InChI=1S/C21H22N2O4S/c1-14-5-4-6-16(11-14)26-10-9-20(25)27-13-15-12-19(24)23-17-7-2-3-8-18(17)28-21(23)22-15/h4-6,11-12H,2-3,7-10,13H2,1H3. The zero-order valence-electron chi connectivity index (χ0n) is 15.8. The van der Waals surface area contributed by atoms with Gasteiger partial charge >= 0.3 is 5.97 Å². The summed E-state index contributed by atoms with van der Waals surface area (Å²) in [6.45, 7) is 2.23. The molecule has 1 aromatic carbocycles. The van der Waals surface area contributed by atoms with E-state index in [0.717, 1.165) is 42.7 Å². The molecule has 0 aliphatic heterocycles. The number of rotatable bonds is 6. The Kier molecular flexibility index (Phi) is 5.43. The zero-order chi connectivity index (χ0) is 19.5. The minimum atomic E-state index is -0.375. The van der Waals surface area contributed by atoms with Crippen molar-refractivity contribution in [2.75, 3.05) is 6.61 Å². The second kappa shape index (κ2) is 8.14. The predicted molar refractivity (Wildman–Crippen MR) is 107 cm³/mol. The Balaban J connectivity index is 1.34. The number of carbonyl (C=O) groups is 1. The molecule has 7 heteroatoms. The molecule has 0 radical (unpaired) electrons. The molecule has 1 aliphatic rings. The molecule has 0 unspecified atom stereocenters. The fourth-order valence-corrected chi connectivity index (χ4v) is 4.63. The number of hydrogen-bond donors (Lipinski definition) is 0. The SMILES string of the molecule is Cc1cccc(OCCC(=O)OCc2cc(=O)n3c4c(sc3n2)CCCC4)c1. The summed E-state index contributed by atoms with van der Waals surface area (Å²) in [6, 6.07) is 9.12. The van der Waals surface area contributed by atoms with E-state index in [9.17, 15) is 9.59 Å². The smallest absolute Gasteiger partial charge is 0.309 e. The molecular weight excluding hydrogens is 376 g/mol. The van der Waals surface area contributed by atoms with Crippen LogP contribution in [0, 0.1) is 6.92 Å². The molecule has 0 amide bonds. The van der Waals surface area contributed by atoms with Gasteiger partial charge in [0.1, 0.15) is 12.4 Å². The number of hydrogen-bond acceptors (Lipinski definition) is 6. The third kappa shape index (κ3) is 4.09. The minimum absolute atomic E-state index is 0.00240. The first kappa shape index (κ1) is 18.7. The van der Waals surface area contributed by atoms with Crippen molar-refractivity contribution >= 4 is 22.3 Å². The van der Waals surface area contributed by atoms with Crippen molar-refractivity contribution in [3.63, 3.8) is 0 Å². The Labute approximate surface area is 166 Å². The zero-order valence-corrected chi connectivity index (χ0v) is 16.6.